The molecule has 4 rings (SSSR count). The summed E-state index contributed by atoms with van der Waals surface area (Å²) in [5.74, 6) is 0.942. The summed E-state index contributed by atoms with van der Waals surface area (Å²) in [4.78, 5) is 6.46. The summed E-state index contributed by atoms with van der Waals surface area (Å²) in [5, 5.41) is 24.5. The first-order chi connectivity index (χ1) is 14.0. The average Bonchev–Trinajstić information content (AvgIpc) is 2.65. The van der Waals surface area contributed by atoms with Gasteiger partial charge in [0.25, 0.3) is 0 Å². The van der Waals surface area contributed by atoms with Gasteiger partial charge in [-0.15, -0.1) is 10.2 Å². The Morgan fingerprint density at radius 1 is 1.07 bits per heavy atom. The number of phenolic OH excluding ortho intramolecular Hbond substituents is 1. The number of aromatic nitrogens is 3. The highest BCUT2D eigenvalue weighted by molar-refractivity contribution is 6.31. The summed E-state index contributed by atoms with van der Waals surface area (Å²) in [6, 6.07) is 9.51. The fourth-order valence-electron chi connectivity index (χ4n) is 4.73. The molecule has 0 spiro atoms. The van der Waals surface area contributed by atoms with E-state index in [2.05, 4.69) is 60.1 Å². The normalized spacial score (nSPS) is 18.5. The summed E-state index contributed by atoms with van der Waals surface area (Å²) >= 11 is 6.06. The van der Waals surface area contributed by atoms with Crippen molar-refractivity contribution < 1.29 is 5.11 Å². The van der Waals surface area contributed by atoms with E-state index in [1.54, 1.807) is 12.3 Å². The molecule has 3 heterocycles. The monoisotopic (exact) mass is 425 g/mol. The predicted molar refractivity (Wildman–Crippen MR) is 122 cm³/mol. The number of nitrogens with one attached hydrogen (secondary N) is 1. The topological polar surface area (TPSA) is 74.2 Å². The standard InChI is InChI=1S/C23H28ClN5O/c1-22(2)11-16(12-23(3,4)28-22)29(5)21-7-6-18(26-27-21)17-9-14-8-15(24)13-25-19(14)10-20(17)30/h6-10,13,16,28,30H,11-12H2,1-5H3. The lowest BCUT2D eigenvalue weighted by molar-refractivity contribution is 0.160. The third-order valence-corrected chi connectivity index (χ3v) is 5.98. The molecule has 7 heteroatoms. The first-order valence-corrected chi connectivity index (χ1v) is 10.6. The van der Waals surface area contributed by atoms with E-state index in [1.165, 1.54) is 0 Å². The predicted octanol–water partition coefficient (Wildman–Crippen LogP) is 4.80. The van der Waals surface area contributed by atoms with Gasteiger partial charge in [-0.3, -0.25) is 4.98 Å². The van der Waals surface area contributed by atoms with Gasteiger partial charge in [-0.1, -0.05) is 11.6 Å². The molecule has 1 saturated heterocycles. The first kappa shape index (κ1) is 20.8. The maximum Gasteiger partial charge on any atom is 0.151 e. The largest absolute Gasteiger partial charge is 0.507 e. The SMILES string of the molecule is CN(c1ccc(-c2cc3cc(Cl)cnc3cc2O)nn1)C1CC(C)(C)NC(C)(C)C1. The second kappa shape index (κ2) is 7.36. The van der Waals surface area contributed by atoms with Gasteiger partial charge in [-0.05, 0) is 64.8 Å². The van der Waals surface area contributed by atoms with Crippen LogP contribution in [0, 0.1) is 0 Å². The number of nitrogens with zero attached hydrogens (tertiary/aromatic N) is 4. The van der Waals surface area contributed by atoms with Crippen molar-refractivity contribution in [1.82, 2.24) is 20.5 Å². The van der Waals surface area contributed by atoms with Crippen molar-refractivity contribution in [2.24, 2.45) is 0 Å². The maximum atomic E-state index is 10.5. The van der Waals surface area contributed by atoms with Crippen LogP contribution in [0.3, 0.4) is 0 Å². The van der Waals surface area contributed by atoms with Crippen molar-refractivity contribution >= 4 is 28.3 Å². The number of rotatable bonds is 3. The molecular formula is C23H28ClN5O. The molecule has 0 atom stereocenters. The minimum absolute atomic E-state index is 0.0558. The Labute approximate surface area is 182 Å². The molecule has 0 aliphatic carbocycles. The van der Waals surface area contributed by atoms with Crippen LogP contribution in [0.2, 0.25) is 5.02 Å². The Morgan fingerprint density at radius 2 is 1.77 bits per heavy atom. The van der Waals surface area contributed by atoms with Crippen LogP contribution in [0.1, 0.15) is 40.5 Å². The Bertz CT molecular complexity index is 1060. The van der Waals surface area contributed by atoms with E-state index < -0.39 is 0 Å². The van der Waals surface area contributed by atoms with Crippen LogP contribution in [0.4, 0.5) is 5.82 Å². The molecule has 6 nitrogen and oxygen atoms in total. The molecule has 1 fully saturated rings. The van der Waals surface area contributed by atoms with Crippen LogP contribution in [0.15, 0.2) is 36.5 Å². The molecule has 1 aliphatic rings. The molecule has 0 saturated carbocycles. The molecule has 3 aromatic rings. The Hall–Kier alpha value is -2.44. The first-order valence-electron chi connectivity index (χ1n) is 10.2. The van der Waals surface area contributed by atoms with Crippen LogP contribution in [0.5, 0.6) is 5.75 Å². The molecule has 0 bridgehead atoms. The number of hydrogen-bond donors (Lipinski definition) is 2. The molecule has 1 aliphatic heterocycles. The second-order valence-corrected chi connectivity index (χ2v) is 9.99. The number of benzene rings is 1. The molecule has 0 radical (unpaired) electrons. The second-order valence-electron chi connectivity index (χ2n) is 9.56. The molecular weight excluding hydrogens is 398 g/mol. The molecule has 30 heavy (non-hydrogen) atoms. The van der Waals surface area contributed by atoms with Crippen molar-refractivity contribution in [3.63, 3.8) is 0 Å². The number of piperidine rings is 1. The van der Waals surface area contributed by atoms with E-state index in [-0.39, 0.29) is 16.8 Å². The third kappa shape index (κ3) is 4.20. The molecule has 0 amide bonds. The van der Waals surface area contributed by atoms with Crippen LogP contribution < -0.4 is 10.2 Å². The molecule has 2 aromatic heterocycles. The van der Waals surface area contributed by atoms with E-state index in [4.69, 9.17) is 11.6 Å². The zero-order chi connectivity index (χ0) is 21.7. The van der Waals surface area contributed by atoms with Gasteiger partial charge in [0, 0.05) is 47.4 Å². The van der Waals surface area contributed by atoms with Crippen molar-refractivity contribution in [2.45, 2.75) is 57.7 Å². The highest BCUT2D eigenvalue weighted by atomic mass is 35.5. The lowest BCUT2D eigenvalue weighted by atomic mass is 9.79. The van der Waals surface area contributed by atoms with Crippen molar-refractivity contribution in [3.05, 3.63) is 41.6 Å². The van der Waals surface area contributed by atoms with Crippen molar-refractivity contribution in [3.8, 4) is 17.0 Å². The van der Waals surface area contributed by atoms with Gasteiger partial charge >= 0.3 is 0 Å². The van der Waals surface area contributed by atoms with Crippen LogP contribution in [-0.4, -0.2) is 44.5 Å². The number of anilines is 1. The third-order valence-electron chi connectivity index (χ3n) is 5.77. The zero-order valence-corrected chi connectivity index (χ0v) is 18.8. The van der Waals surface area contributed by atoms with E-state index in [1.807, 2.05) is 24.3 Å². The fraction of sp³-hybridized carbons (Fsp3) is 0.435. The average molecular weight is 426 g/mol. The van der Waals surface area contributed by atoms with Crippen LogP contribution in [-0.2, 0) is 0 Å². The van der Waals surface area contributed by atoms with E-state index in [0.29, 0.717) is 27.8 Å². The Kier molecular flexibility index (Phi) is 5.11. The number of halogens is 1. The number of fused-ring (bicyclic) bond motifs is 1. The van der Waals surface area contributed by atoms with Gasteiger partial charge in [0.1, 0.15) is 5.75 Å². The number of pyridine rings is 1. The lowest BCUT2D eigenvalue weighted by Crippen LogP contribution is -2.62. The number of aromatic hydroxyl groups is 1. The lowest BCUT2D eigenvalue weighted by Gasteiger charge is -2.49. The van der Waals surface area contributed by atoms with Crippen molar-refractivity contribution in [2.75, 3.05) is 11.9 Å². The van der Waals surface area contributed by atoms with Crippen LogP contribution in [0.25, 0.3) is 22.2 Å². The van der Waals surface area contributed by atoms with Crippen LogP contribution >= 0.6 is 11.6 Å². The summed E-state index contributed by atoms with van der Waals surface area (Å²) < 4.78 is 0. The van der Waals surface area contributed by atoms with Gasteiger partial charge in [0.05, 0.1) is 16.2 Å². The highest BCUT2D eigenvalue weighted by Crippen LogP contribution is 2.35. The molecule has 158 valence electrons. The summed E-state index contributed by atoms with van der Waals surface area (Å²) in [5.41, 5.74) is 2.01. The minimum atomic E-state index is 0.0558. The quantitative estimate of drug-likeness (QED) is 0.628. The van der Waals surface area contributed by atoms with Gasteiger partial charge in [-0.2, -0.15) is 0 Å². The Morgan fingerprint density at radius 3 is 2.40 bits per heavy atom. The van der Waals surface area contributed by atoms with Gasteiger partial charge < -0.3 is 15.3 Å². The van der Waals surface area contributed by atoms with E-state index in [0.717, 1.165) is 24.0 Å². The summed E-state index contributed by atoms with van der Waals surface area (Å²) in [7, 11) is 2.08. The van der Waals surface area contributed by atoms with E-state index >= 15 is 0 Å². The molecule has 2 N–H and O–H groups in total. The number of hydrogen-bond acceptors (Lipinski definition) is 6. The minimum Gasteiger partial charge on any atom is -0.507 e. The Balaban J connectivity index is 1.61. The summed E-state index contributed by atoms with van der Waals surface area (Å²) in [6.45, 7) is 8.97. The van der Waals surface area contributed by atoms with Crippen molar-refractivity contribution in [1.29, 1.82) is 0 Å². The van der Waals surface area contributed by atoms with Gasteiger partial charge in [0.2, 0.25) is 0 Å². The highest BCUT2D eigenvalue weighted by Gasteiger charge is 2.39. The fourth-order valence-corrected chi connectivity index (χ4v) is 4.90. The van der Waals surface area contributed by atoms with Gasteiger partial charge in [0.15, 0.2) is 5.82 Å². The zero-order valence-electron chi connectivity index (χ0n) is 18.1. The van der Waals surface area contributed by atoms with Gasteiger partial charge in [-0.25, -0.2) is 0 Å². The molecule has 0 unspecified atom stereocenters. The van der Waals surface area contributed by atoms with E-state index in [9.17, 15) is 5.11 Å². The number of phenols is 1. The smallest absolute Gasteiger partial charge is 0.151 e. The summed E-state index contributed by atoms with van der Waals surface area (Å²) in [6.07, 6.45) is 3.61. The maximum absolute atomic E-state index is 10.5. The molecule has 1 aromatic carbocycles.